The predicted molar refractivity (Wildman–Crippen MR) is 123 cm³/mol. The molecule has 1 amide bonds. The van der Waals surface area contributed by atoms with Crippen LogP contribution in [-0.2, 0) is 20.9 Å². The minimum Gasteiger partial charge on any atom is -0.456 e. The number of hydrogen-bond acceptors (Lipinski definition) is 5. The first kappa shape index (κ1) is 23.2. The van der Waals surface area contributed by atoms with Gasteiger partial charge in [-0.25, -0.2) is 4.98 Å². The van der Waals surface area contributed by atoms with Crippen molar-refractivity contribution in [1.82, 2.24) is 14.9 Å². The number of aromatic nitrogens is 2. The molecule has 0 aliphatic rings. The molecule has 7 nitrogen and oxygen atoms in total. The number of amides is 1. The van der Waals surface area contributed by atoms with Gasteiger partial charge in [0, 0.05) is 6.54 Å². The second kappa shape index (κ2) is 10.7. The van der Waals surface area contributed by atoms with E-state index in [1.807, 2.05) is 43.3 Å². The lowest BCUT2D eigenvalue weighted by atomic mass is 9.97. The summed E-state index contributed by atoms with van der Waals surface area (Å²) in [6.07, 6.45) is 2.19. The van der Waals surface area contributed by atoms with Crippen molar-refractivity contribution in [2.24, 2.45) is 5.92 Å². The number of aryl methyl sites for hydroxylation is 2. The minimum atomic E-state index is -0.545. The fraction of sp³-hybridized carbons (Fsp3) is 0.360. The number of esters is 1. The Morgan fingerprint density at radius 1 is 1.09 bits per heavy atom. The quantitative estimate of drug-likeness (QED) is 0.519. The Bertz CT molecular complexity index is 1140. The molecule has 1 unspecified atom stereocenters. The van der Waals surface area contributed by atoms with Gasteiger partial charge in [0.05, 0.1) is 29.7 Å². The molecule has 0 aliphatic heterocycles. The molecular weight excluding hydrogens is 406 g/mol. The summed E-state index contributed by atoms with van der Waals surface area (Å²) in [7, 11) is 0. The van der Waals surface area contributed by atoms with E-state index in [4.69, 9.17) is 4.74 Å². The number of carbonyl (C=O) groups is 2. The van der Waals surface area contributed by atoms with Crippen molar-refractivity contribution in [1.29, 1.82) is 0 Å². The number of nitrogens with one attached hydrogen (secondary N) is 1. The van der Waals surface area contributed by atoms with E-state index >= 15 is 0 Å². The molecule has 1 atom stereocenters. The Hall–Kier alpha value is -3.48. The van der Waals surface area contributed by atoms with Crippen molar-refractivity contribution in [3.63, 3.8) is 0 Å². The highest BCUT2D eigenvalue weighted by atomic mass is 16.5. The number of rotatable bonds is 9. The van der Waals surface area contributed by atoms with Crippen molar-refractivity contribution < 1.29 is 14.3 Å². The second-order valence-corrected chi connectivity index (χ2v) is 8.29. The molecule has 1 aromatic heterocycles. The summed E-state index contributed by atoms with van der Waals surface area (Å²) in [5, 5.41) is 3.46. The van der Waals surface area contributed by atoms with Gasteiger partial charge in [0.15, 0.2) is 6.61 Å². The molecule has 0 saturated heterocycles. The number of nitrogens with zero attached hydrogens (tertiary/aromatic N) is 2. The van der Waals surface area contributed by atoms with Crippen LogP contribution in [0.2, 0.25) is 0 Å². The normalized spacial score (nSPS) is 12.0. The maximum absolute atomic E-state index is 12.6. The Labute approximate surface area is 187 Å². The SMILES string of the molecule is Cc1cccc2c(=O)n(CCC(=O)OCC(=O)NC(CC(C)C)c3ccccc3)cnc12. The van der Waals surface area contributed by atoms with E-state index in [1.54, 1.807) is 12.1 Å². The zero-order valence-corrected chi connectivity index (χ0v) is 18.7. The number of benzene rings is 2. The predicted octanol–water partition coefficient (Wildman–Crippen LogP) is 3.54. The first-order valence-corrected chi connectivity index (χ1v) is 10.8. The third-order valence-electron chi connectivity index (χ3n) is 5.22. The molecule has 1 heterocycles. The average Bonchev–Trinajstić information content (AvgIpc) is 2.77. The van der Waals surface area contributed by atoms with Crippen LogP contribution in [0.1, 0.15) is 43.9 Å². The second-order valence-electron chi connectivity index (χ2n) is 8.29. The largest absolute Gasteiger partial charge is 0.456 e. The summed E-state index contributed by atoms with van der Waals surface area (Å²) in [4.78, 5) is 41.4. The van der Waals surface area contributed by atoms with Crippen LogP contribution in [0.3, 0.4) is 0 Å². The van der Waals surface area contributed by atoms with Gasteiger partial charge in [-0.2, -0.15) is 0 Å². The molecule has 1 N–H and O–H groups in total. The van der Waals surface area contributed by atoms with Crippen molar-refractivity contribution in [3.05, 3.63) is 76.3 Å². The van der Waals surface area contributed by atoms with E-state index in [2.05, 4.69) is 24.1 Å². The topological polar surface area (TPSA) is 90.3 Å². The van der Waals surface area contributed by atoms with Gasteiger partial charge in [-0.3, -0.25) is 19.0 Å². The summed E-state index contributed by atoms with van der Waals surface area (Å²) >= 11 is 0. The Morgan fingerprint density at radius 3 is 2.56 bits per heavy atom. The third kappa shape index (κ3) is 6.03. The van der Waals surface area contributed by atoms with Crippen molar-refractivity contribution in [2.75, 3.05) is 6.61 Å². The van der Waals surface area contributed by atoms with Crippen LogP contribution in [0, 0.1) is 12.8 Å². The zero-order chi connectivity index (χ0) is 23.1. The van der Waals surface area contributed by atoms with Gasteiger partial charge in [0.2, 0.25) is 0 Å². The molecule has 0 spiro atoms. The molecule has 3 aromatic rings. The lowest BCUT2D eigenvalue weighted by Crippen LogP contribution is -2.33. The van der Waals surface area contributed by atoms with Crippen molar-refractivity contribution in [3.8, 4) is 0 Å². The van der Waals surface area contributed by atoms with Crippen molar-refractivity contribution >= 4 is 22.8 Å². The van der Waals surface area contributed by atoms with Crippen LogP contribution < -0.4 is 10.9 Å². The highest BCUT2D eigenvalue weighted by molar-refractivity contribution is 5.81. The van der Waals surface area contributed by atoms with E-state index < -0.39 is 5.97 Å². The van der Waals surface area contributed by atoms with Gasteiger partial charge >= 0.3 is 5.97 Å². The number of fused-ring (bicyclic) bond motifs is 1. The van der Waals surface area contributed by atoms with Gasteiger partial charge in [-0.15, -0.1) is 0 Å². The molecular formula is C25H29N3O4. The van der Waals surface area contributed by atoms with Crippen LogP contribution in [0.4, 0.5) is 0 Å². The first-order valence-electron chi connectivity index (χ1n) is 10.8. The van der Waals surface area contributed by atoms with Crippen LogP contribution >= 0.6 is 0 Å². The standard InChI is InChI=1S/C25H29N3O4/c1-17(2)14-21(19-9-5-4-6-10-19)27-22(29)15-32-23(30)12-13-28-16-26-24-18(3)8-7-11-20(24)25(28)31/h4-11,16-17,21H,12-15H2,1-3H3,(H,27,29). The Balaban J connectivity index is 1.53. The van der Waals surface area contributed by atoms with E-state index in [0.717, 1.165) is 17.5 Å². The minimum absolute atomic E-state index is 0.0275. The summed E-state index contributed by atoms with van der Waals surface area (Å²) in [6.45, 7) is 5.85. The Kier molecular flexibility index (Phi) is 7.76. The van der Waals surface area contributed by atoms with Gasteiger partial charge < -0.3 is 10.1 Å². The van der Waals surface area contributed by atoms with Gasteiger partial charge in [-0.1, -0.05) is 56.3 Å². The van der Waals surface area contributed by atoms with Crippen LogP contribution in [-0.4, -0.2) is 28.0 Å². The molecule has 0 bridgehead atoms. The van der Waals surface area contributed by atoms with Gasteiger partial charge in [0.25, 0.3) is 11.5 Å². The maximum Gasteiger partial charge on any atom is 0.308 e. The van der Waals surface area contributed by atoms with Crippen molar-refractivity contribution in [2.45, 2.75) is 46.2 Å². The van der Waals surface area contributed by atoms with Gasteiger partial charge in [0.1, 0.15) is 0 Å². The fourth-order valence-electron chi connectivity index (χ4n) is 3.60. The van der Waals surface area contributed by atoms with Crippen LogP contribution in [0.25, 0.3) is 10.9 Å². The summed E-state index contributed by atoms with van der Waals surface area (Å²) < 4.78 is 6.51. The highest BCUT2D eigenvalue weighted by Gasteiger charge is 2.17. The molecule has 0 radical (unpaired) electrons. The smallest absolute Gasteiger partial charge is 0.308 e. The molecule has 7 heteroatoms. The van der Waals surface area contributed by atoms with Crippen LogP contribution in [0.15, 0.2) is 59.7 Å². The monoisotopic (exact) mass is 435 g/mol. The number of hydrogen-bond donors (Lipinski definition) is 1. The first-order chi connectivity index (χ1) is 15.3. The highest BCUT2D eigenvalue weighted by Crippen LogP contribution is 2.21. The van der Waals surface area contributed by atoms with E-state index in [1.165, 1.54) is 10.9 Å². The third-order valence-corrected chi connectivity index (χ3v) is 5.22. The van der Waals surface area contributed by atoms with E-state index in [-0.39, 0.29) is 37.1 Å². The number of para-hydroxylation sites is 1. The molecule has 32 heavy (non-hydrogen) atoms. The van der Waals surface area contributed by atoms with Crippen LogP contribution in [0.5, 0.6) is 0 Å². The lowest BCUT2D eigenvalue weighted by Gasteiger charge is -2.21. The molecule has 3 rings (SSSR count). The summed E-state index contributed by atoms with van der Waals surface area (Å²) in [5.41, 5.74) is 2.38. The Morgan fingerprint density at radius 2 is 1.84 bits per heavy atom. The number of ether oxygens (including phenoxy) is 1. The lowest BCUT2D eigenvalue weighted by molar-refractivity contribution is -0.149. The maximum atomic E-state index is 12.6. The fourth-order valence-corrected chi connectivity index (χ4v) is 3.60. The summed E-state index contributed by atoms with van der Waals surface area (Å²) in [5.74, 6) is -0.509. The molecule has 0 saturated carbocycles. The van der Waals surface area contributed by atoms with E-state index in [9.17, 15) is 14.4 Å². The average molecular weight is 436 g/mol. The van der Waals surface area contributed by atoms with E-state index in [0.29, 0.717) is 16.8 Å². The summed E-state index contributed by atoms with van der Waals surface area (Å²) in [6, 6.07) is 15.0. The number of carbonyl (C=O) groups excluding carboxylic acids is 2. The molecule has 2 aromatic carbocycles. The molecule has 168 valence electrons. The molecule has 0 fully saturated rings. The van der Waals surface area contributed by atoms with Gasteiger partial charge in [-0.05, 0) is 36.5 Å². The zero-order valence-electron chi connectivity index (χ0n) is 18.7. The molecule has 0 aliphatic carbocycles.